The van der Waals surface area contributed by atoms with Crippen LogP contribution in [0.25, 0.3) is 0 Å². The topological polar surface area (TPSA) is 68.0 Å². The van der Waals surface area contributed by atoms with E-state index in [1.807, 2.05) is 30.3 Å². The normalized spacial score (nSPS) is 15.9. The minimum Gasteiger partial charge on any atom is -0.497 e. The molecule has 1 saturated heterocycles. The molecule has 3 rings (SSSR count). The van der Waals surface area contributed by atoms with E-state index in [2.05, 4.69) is 28.0 Å². The average molecular weight is 404 g/mol. The van der Waals surface area contributed by atoms with E-state index in [-0.39, 0.29) is 12.6 Å². The summed E-state index contributed by atoms with van der Waals surface area (Å²) in [5.41, 5.74) is 7.43. The van der Waals surface area contributed by atoms with Crippen LogP contribution in [0.3, 0.4) is 0 Å². The number of benzene rings is 2. The van der Waals surface area contributed by atoms with Crippen LogP contribution in [0.5, 0.6) is 5.75 Å². The molecule has 2 N–H and O–H groups in total. The Bertz CT molecular complexity index is 777. The van der Waals surface area contributed by atoms with Crippen LogP contribution in [0.15, 0.2) is 48.5 Å². The minimum absolute atomic E-state index is 0.121. The molecule has 28 heavy (non-hydrogen) atoms. The lowest BCUT2D eigenvalue weighted by atomic mass is 10.0. The van der Waals surface area contributed by atoms with Crippen molar-refractivity contribution in [2.45, 2.75) is 12.5 Å². The molecular weight excluding hydrogens is 378 g/mol. The molecule has 0 aliphatic carbocycles. The van der Waals surface area contributed by atoms with Gasteiger partial charge >= 0.3 is 6.09 Å². The van der Waals surface area contributed by atoms with E-state index in [0.717, 1.165) is 37.5 Å². The Labute approximate surface area is 170 Å². The van der Waals surface area contributed by atoms with E-state index in [0.29, 0.717) is 11.4 Å². The summed E-state index contributed by atoms with van der Waals surface area (Å²) in [6.45, 7) is 3.92. The number of primary amides is 1. The molecule has 0 bridgehead atoms. The molecule has 6 nitrogen and oxygen atoms in total. The number of hydrogen-bond donors (Lipinski definition) is 1. The fourth-order valence-corrected chi connectivity index (χ4v) is 3.83. The first-order valence-corrected chi connectivity index (χ1v) is 9.75. The van der Waals surface area contributed by atoms with Gasteiger partial charge in [0.15, 0.2) is 0 Å². The van der Waals surface area contributed by atoms with Crippen LogP contribution in [0, 0.1) is 0 Å². The van der Waals surface area contributed by atoms with Crippen molar-refractivity contribution in [1.82, 2.24) is 4.90 Å². The number of nitrogens with zero attached hydrogens (tertiary/aromatic N) is 2. The van der Waals surface area contributed by atoms with Crippen LogP contribution in [0.4, 0.5) is 10.5 Å². The predicted octanol–water partition coefficient (Wildman–Crippen LogP) is 3.70. The van der Waals surface area contributed by atoms with Gasteiger partial charge in [0.25, 0.3) is 0 Å². The average Bonchev–Trinajstić information content (AvgIpc) is 2.71. The van der Waals surface area contributed by atoms with Crippen LogP contribution in [-0.2, 0) is 4.74 Å². The summed E-state index contributed by atoms with van der Waals surface area (Å²) in [4.78, 5) is 15.7. The second-order valence-electron chi connectivity index (χ2n) is 6.75. The zero-order chi connectivity index (χ0) is 19.9. The summed E-state index contributed by atoms with van der Waals surface area (Å²) in [6, 6.07) is 16.1. The van der Waals surface area contributed by atoms with Gasteiger partial charge in [0.1, 0.15) is 5.75 Å². The third kappa shape index (κ3) is 5.30. The molecule has 2 aromatic rings. The Hall–Kier alpha value is -2.44. The van der Waals surface area contributed by atoms with Crippen molar-refractivity contribution in [3.05, 3.63) is 59.1 Å². The third-order valence-corrected chi connectivity index (χ3v) is 5.30. The number of hydrogen-bond acceptors (Lipinski definition) is 5. The highest BCUT2D eigenvalue weighted by Gasteiger charge is 2.25. The molecule has 1 fully saturated rings. The summed E-state index contributed by atoms with van der Waals surface area (Å²) in [6.07, 6.45) is -0.0691. The fourth-order valence-electron chi connectivity index (χ4n) is 3.63. The number of ether oxygens (including phenoxy) is 2. The number of nitrogens with two attached hydrogens (primary N) is 1. The number of piperazine rings is 1. The van der Waals surface area contributed by atoms with Gasteiger partial charge in [-0.05, 0) is 42.0 Å². The van der Waals surface area contributed by atoms with E-state index in [1.54, 1.807) is 7.11 Å². The molecule has 0 radical (unpaired) electrons. The summed E-state index contributed by atoms with van der Waals surface area (Å²) < 4.78 is 10.2. The van der Waals surface area contributed by atoms with E-state index in [9.17, 15) is 4.79 Å². The van der Waals surface area contributed by atoms with Crippen molar-refractivity contribution in [2.75, 3.05) is 44.8 Å². The summed E-state index contributed by atoms with van der Waals surface area (Å²) in [5, 5.41) is 0.704. The Morgan fingerprint density at radius 2 is 1.86 bits per heavy atom. The number of anilines is 1. The zero-order valence-electron chi connectivity index (χ0n) is 16.0. The Morgan fingerprint density at radius 3 is 2.46 bits per heavy atom. The highest BCUT2D eigenvalue weighted by Crippen LogP contribution is 2.29. The summed E-state index contributed by atoms with van der Waals surface area (Å²) in [7, 11) is 1.67. The third-order valence-electron chi connectivity index (χ3n) is 5.06. The van der Waals surface area contributed by atoms with Gasteiger partial charge in [-0.2, -0.15) is 0 Å². The van der Waals surface area contributed by atoms with Gasteiger partial charge in [-0.25, -0.2) is 4.79 Å². The smallest absolute Gasteiger partial charge is 0.404 e. The number of carbonyl (C=O) groups excluding carboxylic acids is 1. The minimum atomic E-state index is -0.742. The second kappa shape index (κ2) is 9.66. The Morgan fingerprint density at radius 1 is 1.14 bits per heavy atom. The lowest BCUT2D eigenvalue weighted by Gasteiger charge is -2.40. The van der Waals surface area contributed by atoms with Gasteiger partial charge in [0.2, 0.25) is 0 Å². The number of rotatable bonds is 7. The van der Waals surface area contributed by atoms with Crippen LogP contribution in [-0.4, -0.2) is 50.9 Å². The maximum Gasteiger partial charge on any atom is 0.404 e. The predicted molar refractivity (Wildman–Crippen MR) is 111 cm³/mol. The van der Waals surface area contributed by atoms with Gasteiger partial charge in [-0.3, -0.25) is 4.90 Å². The molecular formula is C21H26ClN3O3. The lowest BCUT2D eigenvalue weighted by Crippen LogP contribution is -2.48. The van der Waals surface area contributed by atoms with Gasteiger partial charge in [-0.15, -0.1) is 0 Å². The molecule has 7 heteroatoms. The number of methoxy groups -OCH3 is 1. The molecule has 0 aromatic heterocycles. The molecule has 0 spiro atoms. The molecule has 1 heterocycles. The van der Waals surface area contributed by atoms with Crippen LogP contribution in [0.2, 0.25) is 5.02 Å². The molecule has 150 valence electrons. The van der Waals surface area contributed by atoms with Gasteiger partial charge in [0.05, 0.1) is 13.7 Å². The van der Waals surface area contributed by atoms with Gasteiger partial charge in [0, 0.05) is 49.4 Å². The SMILES string of the molecule is COc1ccc(N2CCN(C(CCOC(N)=O)c3cccc(Cl)c3)CC2)cc1. The van der Waals surface area contributed by atoms with Crippen LogP contribution < -0.4 is 15.4 Å². The Balaban J connectivity index is 1.66. The van der Waals surface area contributed by atoms with Crippen LogP contribution in [0.1, 0.15) is 18.0 Å². The monoisotopic (exact) mass is 403 g/mol. The van der Waals surface area contributed by atoms with Crippen molar-refractivity contribution in [3.8, 4) is 5.75 Å². The van der Waals surface area contributed by atoms with E-state index >= 15 is 0 Å². The maximum atomic E-state index is 10.9. The summed E-state index contributed by atoms with van der Waals surface area (Å²) in [5.74, 6) is 0.859. The first kappa shape index (κ1) is 20.3. The maximum absolute atomic E-state index is 10.9. The zero-order valence-corrected chi connectivity index (χ0v) is 16.8. The van der Waals surface area contributed by atoms with Crippen molar-refractivity contribution in [3.63, 3.8) is 0 Å². The quantitative estimate of drug-likeness (QED) is 0.763. The first-order chi connectivity index (χ1) is 13.6. The number of carbonyl (C=O) groups is 1. The van der Waals surface area contributed by atoms with E-state index in [4.69, 9.17) is 26.8 Å². The second-order valence-corrected chi connectivity index (χ2v) is 7.18. The molecule has 2 aromatic carbocycles. The highest BCUT2D eigenvalue weighted by molar-refractivity contribution is 6.30. The van der Waals surface area contributed by atoms with Crippen molar-refractivity contribution in [1.29, 1.82) is 0 Å². The highest BCUT2D eigenvalue weighted by atomic mass is 35.5. The largest absolute Gasteiger partial charge is 0.497 e. The fraction of sp³-hybridized carbons (Fsp3) is 0.381. The molecule has 1 amide bonds. The lowest BCUT2D eigenvalue weighted by molar-refractivity contribution is 0.122. The van der Waals surface area contributed by atoms with Crippen LogP contribution >= 0.6 is 11.6 Å². The molecule has 1 unspecified atom stereocenters. The van der Waals surface area contributed by atoms with Crippen molar-refractivity contribution < 1.29 is 14.3 Å². The standard InChI is InChI=1S/C21H26ClN3O3/c1-27-19-7-5-18(6-8-19)24-10-12-25(13-11-24)20(9-14-28-21(23)26)16-3-2-4-17(22)15-16/h2-8,15,20H,9-14H2,1H3,(H2,23,26). The number of halogens is 1. The Kier molecular flexibility index (Phi) is 7.01. The van der Waals surface area contributed by atoms with Gasteiger partial charge < -0.3 is 20.1 Å². The molecule has 1 aliphatic heterocycles. The molecule has 1 atom stereocenters. The molecule has 1 aliphatic rings. The first-order valence-electron chi connectivity index (χ1n) is 9.37. The number of amides is 1. The van der Waals surface area contributed by atoms with E-state index in [1.165, 1.54) is 5.69 Å². The van der Waals surface area contributed by atoms with E-state index < -0.39 is 6.09 Å². The molecule has 0 saturated carbocycles. The van der Waals surface area contributed by atoms with Crippen molar-refractivity contribution in [2.24, 2.45) is 5.73 Å². The summed E-state index contributed by atoms with van der Waals surface area (Å²) >= 11 is 6.20. The van der Waals surface area contributed by atoms with Gasteiger partial charge in [-0.1, -0.05) is 23.7 Å². The van der Waals surface area contributed by atoms with Crippen molar-refractivity contribution >= 4 is 23.4 Å².